The Kier molecular flexibility index (Phi) is 8.08. The summed E-state index contributed by atoms with van der Waals surface area (Å²) in [5.74, 6) is -1.71. The molecule has 5 rings (SSSR count). The van der Waals surface area contributed by atoms with Crippen molar-refractivity contribution in [2.75, 3.05) is 11.5 Å². The molecule has 0 radical (unpaired) electrons. The van der Waals surface area contributed by atoms with Crippen LogP contribution in [-0.4, -0.2) is 38.5 Å². The zero-order chi connectivity index (χ0) is 29.1. The minimum atomic E-state index is -1.20. The summed E-state index contributed by atoms with van der Waals surface area (Å²) < 4.78 is 19.1. The summed E-state index contributed by atoms with van der Waals surface area (Å²) in [6.45, 7) is 2.27. The van der Waals surface area contributed by atoms with Crippen molar-refractivity contribution in [1.29, 1.82) is 0 Å². The molecule has 0 aliphatic carbocycles. The van der Waals surface area contributed by atoms with Gasteiger partial charge in [-0.25, -0.2) is 4.39 Å². The molecule has 1 aliphatic rings. The maximum Gasteiger partial charge on any atom is 0.301 e. The number of aromatic nitrogens is 2. The molecule has 2 heterocycles. The normalized spacial score (nSPS) is 16.2. The van der Waals surface area contributed by atoms with E-state index in [2.05, 4.69) is 10.2 Å². The van der Waals surface area contributed by atoms with Crippen molar-refractivity contribution in [3.8, 4) is 5.75 Å². The molecule has 1 fully saturated rings. The van der Waals surface area contributed by atoms with Gasteiger partial charge >= 0.3 is 5.91 Å². The zero-order valence-corrected chi connectivity index (χ0v) is 23.0. The summed E-state index contributed by atoms with van der Waals surface area (Å²) in [5, 5.41) is 31.1. The highest BCUT2D eigenvalue weighted by Crippen LogP contribution is 2.44. The van der Waals surface area contributed by atoms with Crippen LogP contribution in [0.5, 0.6) is 5.75 Å². The number of carbonyl (C=O) groups excluding carboxylic acids is 2. The van der Waals surface area contributed by atoms with E-state index >= 15 is 0 Å². The molecule has 13 heteroatoms. The van der Waals surface area contributed by atoms with E-state index in [1.807, 2.05) is 6.92 Å². The number of aliphatic hydroxyl groups excluding tert-OH is 1. The number of non-ortho nitro benzene ring substituents is 1. The van der Waals surface area contributed by atoms with Crippen LogP contribution in [0.25, 0.3) is 5.76 Å². The number of rotatable bonds is 9. The molecule has 1 saturated heterocycles. The van der Waals surface area contributed by atoms with Gasteiger partial charge in [0.1, 0.15) is 17.3 Å². The molecule has 3 aromatic carbocycles. The molecule has 4 aromatic rings. The number of halogens is 1. The van der Waals surface area contributed by atoms with Crippen LogP contribution in [-0.2, 0) is 15.3 Å². The monoisotopic (exact) mass is 592 g/mol. The third-order valence-electron chi connectivity index (χ3n) is 6.16. The number of nitro benzene ring substituents is 1. The fourth-order valence-corrected chi connectivity index (χ4v) is 6.09. The minimum absolute atomic E-state index is 0.0796. The van der Waals surface area contributed by atoms with Gasteiger partial charge in [-0.2, -0.15) is 0 Å². The standard InChI is InChI=1S/C28H21FN4O6S2/c1-2-39-21-12-8-17(9-13-21)24(34)22-23(18-4-3-5-20(14-18)33(37)38)32(26(36)25(22)35)27-30-31-28(41-27)40-15-16-6-10-19(29)11-7-16/h3-14,23,34H,2,15H2,1H3/b24-22-. The average Bonchev–Trinajstić information content (AvgIpc) is 3.55. The van der Waals surface area contributed by atoms with Crippen LogP contribution in [0.1, 0.15) is 29.7 Å². The summed E-state index contributed by atoms with van der Waals surface area (Å²) in [7, 11) is 0. The van der Waals surface area contributed by atoms with Crippen molar-refractivity contribution in [2.45, 2.75) is 23.1 Å². The van der Waals surface area contributed by atoms with E-state index < -0.39 is 28.4 Å². The molecular weight excluding hydrogens is 571 g/mol. The molecule has 10 nitrogen and oxygen atoms in total. The Labute approximate surface area is 241 Å². The molecule has 1 aliphatic heterocycles. The van der Waals surface area contributed by atoms with Crippen LogP contribution in [0.2, 0.25) is 0 Å². The summed E-state index contributed by atoms with van der Waals surface area (Å²) >= 11 is 2.36. The van der Waals surface area contributed by atoms with Crippen LogP contribution >= 0.6 is 23.1 Å². The van der Waals surface area contributed by atoms with Gasteiger partial charge in [-0.05, 0) is 54.4 Å². The first kappa shape index (κ1) is 27.9. The van der Waals surface area contributed by atoms with Crippen molar-refractivity contribution in [1.82, 2.24) is 10.2 Å². The van der Waals surface area contributed by atoms with E-state index in [4.69, 9.17) is 4.74 Å². The summed E-state index contributed by atoms with van der Waals surface area (Å²) in [6, 6.07) is 16.6. The SMILES string of the molecule is CCOc1ccc(/C(O)=C2/C(=O)C(=O)N(c3nnc(SCc4ccc(F)cc4)s3)C2c2cccc([N+](=O)[O-])c2)cc1. The molecule has 0 spiro atoms. The highest BCUT2D eigenvalue weighted by Gasteiger charge is 2.48. The molecule has 0 saturated carbocycles. The molecule has 1 atom stereocenters. The highest BCUT2D eigenvalue weighted by atomic mass is 32.2. The highest BCUT2D eigenvalue weighted by molar-refractivity contribution is 8.00. The van der Waals surface area contributed by atoms with Gasteiger partial charge < -0.3 is 9.84 Å². The quantitative estimate of drug-likeness (QED) is 0.0479. The number of nitrogens with zero attached hydrogens (tertiary/aromatic N) is 4. The molecular formula is C28H21FN4O6S2. The predicted molar refractivity (Wildman–Crippen MR) is 151 cm³/mol. The van der Waals surface area contributed by atoms with Gasteiger partial charge in [0.05, 0.1) is 23.1 Å². The second-order valence-electron chi connectivity index (χ2n) is 8.74. The number of benzene rings is 3. The molecule has 208 valence electrons. The Bertz CT molecular complexity index is 1660. The first-order chi connectivity index (χ1) is 19.8. The number of ether oxygens (including phenoxy) is 1. The van der Waals surface area contributed by atoms with Crippen LogP contribution in [0.3, 0.4) is 0 Å². The Hall–Kier alpha value is -4.62. The van der Waals surface area contributed by atoms with Crippen molar-refractivity contribution in [2.24, 2.45) is 0 Å². The number of hydrogen-bond acceptors (Lipinski definition) is 10. The van der Waals surface area contributed by atoms with Gasteiger partial charge in [-0.1, -0.05) is 47.4 Å². The zero-order valence-electron chi connectivity index (χ0n) is 21.4. The lowest BCUT2D eigenvalue weighted by Gasteiger charge is -2.22. The predicted octanol–water partition coefficient (Wildman–Crippen LogP) is 5.90. The van der Waals surface area contributed by atoms with E-state index in [1.165, 1.54) is 48.2 Å². The first-order valence-electron chi connectivity index (χ1n) is 12.3. The van der Waals surface area contributed by atoms with Crippen LogP contribution in [0, 0.1) is 15.9 Å². The second-order valence-corrected chi connectivity index (χ2v) is 10.9. The second kappa shape index (κ2) is 11.9. The lowest BCUT2D eigenvalue weighted by Crippen LogP contribution is -2.29. The third-order valence-corrected chi connectivity index (χ3v) is 8.28. The number of ketones is 1. The van der Waals surface area contributed by atoms with Gasteiger partial charge in [-0.15, -0.1) is 10.2 Å². The van der Waals surface area contributed by atoms with Crippen LogP contribution < -0.4 is 9.64 Å². The van der Waals surface area contributed by atoms with Gasteiger partial charge in [0.15, 0.2) is 4.34 Å². The largest absolute Gasteiger partial charge is 0.507 e. The molecule has 1 N–H and O–H groups in total. The van der Waals surface area contributed by atoms with Gasteiger partial charge in [0.2, 0.25) is 5.13 Å². The summed E-state index contributed by atoms with van der Waals surface area (Å²) in [4.78, 5) is 38.8. The first-order valence-corrected chi connectivity index (χ1v) is 14.1. The van der Waals surface area contributed by atoms with E-state index in [0.29, 0.717) is 22.4 Å². The fraction of sp³-hybridized carbons (Fsp3) is 0.143. The lowest BCUT2D eigenvalue weighted by atomic mass is 9.95. The Morgan fingerprint density at radius 1 is 1.12 bits per heavy atom. The molecule has 1 unspecified atom stereocenters. The number of nitro groups is 1. The Morgan fingerprint density at radius 2 is 1.85 bits per heavy atom. The van der Waals surface area contributed by atoms with Crippen molar-refractivity contribution in [3.63, 3.8) is 0 Å². The smallest absolute Gasteiger partial charge is 0.301 e. The van der Waals surface area contributed by atoms with Crippen molar-refractivity contribution in [3.05, 3.63) is 111 Å². The molecule has 1 aromatic heterocycles. The fourth-order valence-electron chi connectivity index (χ4n) is 4.27. The number of amides is 1. The van der Waals surface area contributed by atoms with Crippen LogP contribution in [0.15, 0.2) is 82.7 Å². The van der Waals surface area contributed by atoms with Gasteiger partial charge in [0.25, 0.3) is 11.5 Å². The summed E-state index contributed by atoms with van der Waals surface area (Å²) in [5.41, 5.74) is 0.856. The minimum Gasteiger partial charge on any atom is -0.507 e. The van der Waals surface area contributed by atoms with Gasteiger partial charge in [-0.3, -0.25) is 24.6 Å². The van der Waals surface area contributed by atoms with E-state index in [-0.39, 0.29) is 33.3 Å². The third kappa shape index (κ3) is 5.81. The van der Waals surface area contributed by atoms with Crippen LogP contribution in [0.4, 0.5) is 15.2 Å². The number of carbonyl (C=O) groups is 2. The molecule has 0 bridgehead atoms. The molecule has 41 heavy (non-hydrogen) atoms. The van der Waals surface area contributed by atoms with E-state index in [0.717, 1.165) is 21.8 Å². The number of aliphatic hydroxyl groups is 1. The lowest BCUT2D eigenvalue weighted by molar-refractivity contribution is -0.384. The maximum atomic E-state index is 13.4. The van der Waals surface area contributed by atoms with E-state index in [9.17, 15) is 29.2 Å². The Balaban J connectivity index is 1.55. The number of thioether (sulfide) groups is 1. The summed E-state index contributed by atoms with van der Waals surface area (Å²) in [6.07, 6.45) is 0. The number of hydrogen-bond donors (Lipinski definition) is 1. The Morgan fingerprint density at radius 3 is 2.54 bits per heavy atom. The van der Waals surface area contributed by atoms with E-state index in [1.54, 1.807) is 36.4 Å². The van der Waals surface area contributed by atoms with Crippen molar-refractivity contribution >= 4 is 51.4 Å². The topological polar surface area (TPSA) is 136 Å². The molecule has 1 amide bonds. The average molecular weight is 593 g/mol. The van der Waals surface area contributed by atoms with Gasteiger partial charge in [0, 0.05) is 23.4 Å². The maximum absolute atomic E-state index is 13.4. The number of Topliss-reactive ketones (excluding diaryl/α,β-unsaturated/α-hetero) is 1. The number of anilines is 1. The van der Waals surface area contributed by atoms with Crippen molar-refractivity contribution < 1.29 is 28.7 Å².